The number of anilines is 1. The first-order chi connectivity index (χ1) is 14.4. The third kappa shape index (κ3) is 4.82. The van der Waals surface area contributed by atoms with E-state index in [4.69, 9.17) is 10.2 Å². The van der Waals surface area contributed by atoms with Gasteiger partial charge in [0.2, 0.25) is 0 Å². The van der Waals surface area contributed by atoms with Crippen molar-refractivity contribution in [3.63, 3.8) is 0 Å². The van der Waals surface area contributed by atoms with Crippen LogP contribution in [0.1, 0.15) is 37.7 Å². The van der Waals surface area contributed by atoms with Crippen LogP contribution in [0.2, 0.25) is 0 Å². The molecule has 2 aliphatic rings. The van der Waals surface area contributed by atoms with Crippen molar-refractivity contribution in [3.8, 4) is 11.5 Å². The van der Waals surface area contributed by atoms with Crippen LogP contribution >= 0.6 is 0 Å². The van der Waals surface area contributed by atoms with Crippen LogP contribution in [0.15, 0.2) is 21.7 Å². The normalized spacial score (nSPS) is 11.3. The molecule has 0 saturated carbocycles. The van der Waals surface area contributed by atoms with Gasteiger partial charge in [-0.05, 0) is 37.5 Å². The highest BCUT2D eigenvalue weighted by atomic mass is 16.4. The first-order valence-electron chi connectivity index (χ1n) is 9.92. The van der Waals surface area contributed by atoms with E-state index in [9.17, 15) is 14.4 Å². The Kier molecular flexibility index (Phi) is 6.78. The van der Waals surface area contributed by atoms with E-state index in [1.807, 2.05) is 23.6 Å². The van der Waals surface area contributed by atoms with Gasteiger partial charge in [0.1, 0.15) is 0 Å². The molecule has 1 aromatic rings. The van der Waals surface area contributed by atoms with Crippen molar-refractivity contribution in [3.05, 3.63) is 38.5 Å². The quantitative estimate of drug-likeness (QED) is 0.286. The number of H-pyrrole nitrogens is 1. The lowest BCUT2D eigenvalue weighted by Crippen LogP contribution is -2.29. The average Bonchev–Trinajstić information content (AvgIpc) is 2.69. The molecule has 0 saturated heterocycles. The van der Waals surface area contributed by atoms with Gasteiger partial charge in [0.15, 0.2) is 11.5 Å². The number of aliphatic carboxylic acids is 1. The molecule has 4 N–H and O–H groups in total. The molecule has 0 unspecified atom stereocenters. The van der Waals surface area contributed by atoms with Gasteiger partial charge in [-0.25, -0.2) is 9.78 Å². The van der Waals surface area contributed by atoms with Gasteiger partial charge in [-0.1, -0.05) is 12.8 Å². The highest BCUT2D eigenvalue weighted by molar-refractivity contribution is 5.84. The fourth-order valence-electron chi connectivity index (χ4n) is 3.45. The lowest BCUT2D eigenvalue weighted by Gasteiger charge is -2.18. The summed E-state index contributed by atoms with van der Waals surface area (Å²) in [6, 6.07) is 3.73. The van der Waals surface area contributed by atoms with Crippen LogP contribution in [0.25, 0.3) is 22.6 Å². The minimum absolute atomic E-state index is 0.0136. The summed E-state index contributed by atoms with van der Waals surface area (Å²) < 4.78 is 1.81. The van der Waals surface area contributed by atoms with E-state index < -0.39 is 17.2 Å². The lowest BCUT2D eigenvalue weighted by atomic mass is 10.1. The molecule has 2 aliphatic heterocycles. The largest absolute Gasteiger partial charge is 0.481 e. The van der Waals surface area contributed by atoms with E-state index in [0.717, 1.165) is 36.0 Å². The predicted molar refractivity (Wildman–Crippen MR) is 112 cm³/mol. The zero-order valence-corrected chi connectivity index (χ0v) is 16.8. The zero-order chi connectivity index (χ0) is 21.7. The van der Waals surface area contributed by atoms with Gasteiger partial charge in [-0.3, -0.25) is 14.6 Å². The van der Waals surface area contributed by atoms with Crippen LogP contribution < -0.4 is 16.6 Å². The highest BCUT2D eigenvalue weighted by Crippen LogP contribution is 2.27. The Hall–Kier alpha value is -3.27. The molecule has 10 nitrogen and oxygen atoms in total. The fraction of sp³-hybridized carbons (Fsp3) is 0.450. The molecule has 0 fully saturated rings. The van der Waals surface area contributed by atoms with Crippen molar-refractivity contribution < 1.29 is 15.0 Å². The molecule has 30 heavy (non-hydrogen) atoms. The number of aromatic amines is 1. The van der Waals surface area contributed by atoms with E-state index in [2.05, 4.69) is 20.3 Å². The van der Waals surface area contributed by atoms with Gasteiger partial charge in [0, 0.05) is 25.2 Å². The number of hydrogen-bond donors (Lipinski definition) is 4. The minimum atomic E-state index is -0.805. The van der Waals surface area contributed by atoms with Gasteiger partial charge < -0.3 is 20.1 Å². The second-order valence-electron chi connectivity index (χ2n) is 7.17. The van der Waals surface area contributed by atoms with E-state index in [1.165, 1.54) is 0 Å². The van der Waals surface area contributed by atoms with Crippen LogP contribution in [0.3, 0.4) is 0 Å². The Morgan fingerprint density at radius 1 is 1.17 bits per heavy atom. The molecule has 3 rings (SSSR count). The van der Waals surface area contributed by atoms with Crippen molar-refractivity contribution in [1.82, 2.24) is 19.5 Å². The summed E-state index contributed by atoms with van der Waals surface area (Å²) in [7, 11) is 0. The number of nitrogens with one attached hydrogen (secondary N) is 2. The van der Waals surface area contributed by atoms with Crippen LogP contribution in [0, 0.1) is 6.92 Å². The molecule has 160 valence electrons. The Balaban J connectivity index is 2.01. The summed E-state index contributed by atoms with van der Waals surface area (Å²) in [5.74, 6) is -0.584. The number of fused-ring (bicyclic) bond motifs is 2. The molecule has 0 aromatic heterocycles. The van der Waals surface area contributed by atoms with Crippen LogP contribution in [0.4, 0.5) is 5.69 Å². The van der Waals surface area contributed by atoms with E-state index in [-0.39, 0.29) is 24.5 Å². The monoisotopic (exact) mass is 415 g/mol. The summed E-state index contributed by atoms with van der Waals surface area (Å²) in [5, 5.41) is 21.0. The number of benzene rings is 1. The number of aliphatic hydroxyl groups excluding tert-OH is 1. The summed E-state index contributed by atoms with van der Waals surface area (Å²) in [6.45, 7) is 2.78. The smallest absolute Gasteiger partial charge is 0.349 e. The van der Waals surface area contributed by atoms with Gasteiger partial charge in [0.05, 0.1) is 17.6 Å². The number of unbranched alkanes of at least 4 members (excludes halogenated alkanes) is 3. The SMILES string of the molecule is Cc1cc2nc3c(=O)[nH]c(=O)nc-3n(CCCCCCC(=O)O)c2cc1NCCO. The van der Waals surface area contributed by atoms with Crippen molar-refractivity contribution in [1.29, 1.82) is 0 Å². The highest BCUT2D eigenvalue weighted by Gasteiger charge is 2.19. The Bertz CT molecular complexity index is 1140. The zero-order valence-electron chi connectivity index (χ0n) is 16.8. The molecule has 2 heterocycles. The Morgan fingerprint density at radius 3 is 2.67 bits per heavy atom. The summed E-state index contributed by atoms with van der Waals surface area (Å²) in [6.07, 6.45) is 3.06. The van der Waals surface area contributed by atoms with E-state index >= 15 is 0 Å². The molecule has 0 radical (unpaired) electrons. The van der Waals surface area contributed by atoms with Gasteiger partial charge in [-0.15, -0.1) is 0 Å². The third-order valence-electron chi connectivity index (χ3n) is 4.90. The maximum atomic E-state index is 12.3. The predicted octanol–water partition coefficient (Wildman–Crippen LogP) is 1.33. The fourth-order valence-corrected chi connectivity index (χ4v) is 3.45. The van der Waals surface area contributed by atoms with Gasteiger partial charge >= 0.3 is 11.7 Å². The van der Waals surface area contributed by atoms with Crippen LogP contribution in [0.5, 0.6) is 0 Å². The Morgan fingerprint density at radius 2 is 1.93 bits per heavy atom. The number of hydrogen-bond acceptors (Lipinski definition) is 7. The number of rotatable bonds is 10. The standard InChI is InChI=1S/C20H25N5O5/c1-12-10-14-15(11-13(12)21-7-9-26)25(8-5-3-2-4-6-16(27)28)18-17(22-14)19(29)24-20(30)23-18/h10-11,21,26H,2-9H2,1H3,(H,27,28)(H,24,29,30). The first-order valence-corrected chi connectivity index (χ1v) is 9.92. The molecule has 0 bridgehead atoms. The number of aromatic nitrogens is 4. The summed E-state index contributed by atoms with van der Waals surface area (Å²) in [5.41, 5.74) is 1.84. The number of nitrogens with zero attached hydrogens (tertiary/aromatic N) is 3. The number of aliphatic hydroxyl groups is 1. The molecule has 0 spiro atoms. The van der Waals surface area contributed by atoms with Crippen molar-refractivity contribution >= 4 is 22.7 Å². The maximum Gasteiger partial charge on any atom is 0.349 e. The molecule has 10 heteroatoms. The number of carboxylic acid groups (broad SMARTS) is 1. The maximum absolute atomic E-state index is 12.3. The Labute approximate surface area is 172 Å². The molecule has 1 aromatic carbocycles. The average molecular weight is 415 g/mol. The third-order valence-corrected chi connectivity index (χ3v) is 4.90. The number of carboxylic acids is 1. The van der Waals surface area contributed by atoms with Crippen molar-refractivity contribution in [2.45, 2.75) is 45.6 Å². The number of aryl methyl sites for hydroxylation is 2. The molecule has 0 atom stereocenters. The van der Waals surface area contributed by atoms with Crippen LogP contribution in [-0.4, -0.2) is 48.9 Å². The van der Waals surface area contributed by atoms with E-state index in [1.54, 1.807) is 0 Å². The second kappa shape index (κ2) is 9.49. The van der Waals surface area contributed by atoms with Gasteiger partial charge in [0.25, 0.3) is 5.56 Å². The number of carbonyl (C=O) groups is 1. The minimum Gasteiger partial charge on any atom is -0.481 e. The van der Waals surface area contributed by atoms with Gasteiger partial charge in [-0.2, -0.15) is 4.98 Å². The molecular formula is C20H25N5O5. The summed E-state index contributed by atoms with van der Waals surface area (Å²) >= 11 is 0. The molecule has 0 aliphatic carbocycles. The second-order valence-corrected chi connectivity index (χ2v) is 7.17. The van der Waals surface area contributed by atoms with Crippen molar-refractivity contribution in [2.75, 3.05) is 18.5 Å². The van der Waals surface area contributed by atoms with Crippen molar-refractivity contribution in [2.24, 2.45) is 0 Å². The van der Waals surface area contributed by atoms with E-state index in [0.29, 0.717) is 25.0 Å². The first kappa shape index (κ1) is 21.4. The molecule has 0 amide bonds. The lowest BCUT2D eigenvalue weighted by molar-refractivity contribution is -0.137. The topological polar surface area (TPSA) is 150 Å². The summed E-state index contributed by atoms with van der Waals surface area (Å²) in [4.78, 5) is 45.4. The molecular weight excluding hydrogens is 390 g/mol. The van der Waals surface area contributed by atoms with Crippen LogP contribution in [-0.2, 0) is 11.3 Å².